The van der Waals surface area contributed by atoms with Crippen LogP contribution in [-0.4, -0.2) is 12.7 Å². The van der Waals surface area contributed by atoms with Crippen molar-refractivity contribution < 1.29 is 13.9 Å². The third-order valence-electron chi connectivity index (χ3n) is 1.63. The van der Waals surface area contributed by atoms with Crippen molar-refractivity contribution in [2.75, 3.05) is 6.61 Å². The third-order valence-corrected chi connectivity index (χ3v) is 2.43. The van der Waals surface area contributed by atoms with E-state index in [1.54, 1.807) is 0 Å². The number of hydrogen-bond acceptors (Lipinski definition) is 2. The van der Waals surface area contributed by atoms with Crippen molar-refractivity contribution in [2.45, 2.75) is 26.9 Å². The number of rotatable bonds is 4. The lowest BCUT2D eigenvalue weighted by Crippen LogP contribution is -2.08. The molecule has 0 fully saturated rings. The van der Waals surface area contributed by atoms with E-state index in [1.165, 1.54) is 12.1 Å². The van der Waals surface area contributed by atoms with Gasteiger partial charge in [-0.15, -0.1) is 0 Å². The van der Waals surface area contributed by atoms with Crippen molar-refractivity contribution in [3.05, 3.63) is 21.5 Å². The summed E-state index contributed by atoms with van der Waals surface area (Å²) in [5, 5.41) is 0. The molecule has 0 aromatic heterocycles. The molecule has 0 amide bonds. The summed E-state index contributed by atoms with van der Waals surface area (Å²) in [7, 11) is 0. The van der Waals surface area contributed by atoms with Gasteiger partial charge >= 0.3 is 0 Å². The molecule has 15 heavy (non-hydrogen) atoms. The molecule has 1 aromatic carbocycles. The first-order valence-electron chi connectivity index (χ1n) is 4.83. The molecule has 0 aliphatic carbocycles. The molecule has 0 heterocycles. The highest BCUT2D eigenvalue weighted by atomic mass is 127. The Hall–Kier alpha value is -0.520. The van der Waals surface area contributed by atoms with Crippen molar-refractivity contribution >= 4 is 22.6 Å². The van der Waals surface area contributed by atoms with Crippen LogP contribution in [0.1, 0.15) is 20.8 Å². The van der Waals surface area contributed by atoms with Gasteiger partial charge in [0, 0.05) is 6.07 Å². The Balaban J connectivity index is 3.08. The van der Waals surface area contributed by atoms with Crippen molar-refractivity contribution in [3.8, 4) is 11.5 Å². The van der Waals surface area contributed by atoms with Crippen LogP contribution in [0.2, 0.25) is 0 Å². The fraction of sp³-hybridized carbons (Fsp3) is 0.455. The molecule has 0 saturated carbocycles. The molecule has 0 saturated heterocycles. The summed E-state index contributed by atoms with van der Waals surface area (Å²) in [6.45, 7) is 6.22. The highest BCUT2D eigenvalue weighted by Gasteiger charge is 2.12. The van der Waals surface area contributed by atoms with Gasteiger partial charge in [0.2, 0.25) is 0 Å². The van der Waals surface area contributed by atoms with Crippen molar-refractivity contribution in [1.82, 2.24) is 0 Å². The van der Waals surface area contributed by atoms with Gasteiger partial charge in [0.1, 0.15) is 5.82 Å². The van der Waals surface area contributed by atoms with Gasteiger partial charge in [0.05, 0.1) is 16.3 Å². The van der Waals surface area contributed by atoms with Gasteiger partial charge in [0.15, 0.2) is 11.5 Å². The van der Waals surface area contributed by atoms with E-state index in [1.807, 2.05) is 43.4 Å². The summed E-state index contributed by atoms with van der Waals surface area (Å²) in [4.78, 5) is 0. The Morgan fingerprint density at radius 3 is 2.60 bits per heavy atom. The second-order valence-electron chi connectivity index (χ2n) is 3.31. The summed E-state index contributed by atoms with van der Waals surface area (Å²) in [6, 6.07) is 2.78. The Morgan fingerprint density at radius 2 is 2.07 bits per heavy atom. The fourth-order valence-corrected chi connectivity index (χ4v) is 1.88. The lowest BCUT2D eigenvalue weighted by molar-refractivity contribution is 0.222. The van der Waals surface area contributed by atoms with E-state index >= 15 is 0 Å². The molecule has 0 spiro atoms. The normalized spacial score (nSPS) is 10.5. The first-order chi connectivity index (χ1) is 7.04. The summed E-state index contributed by atoms with van der Waals surface area (Å²) in [5.41, 5.74) is 0. The Bertz CT molecular complexity index is 340. The predicted molar refractivity (Wildman–Crippen MR) is 66.1 cm³/mol. The van der Waals surface area contributed by atoms with E-state index in [-0.39, 0.29) is 11.9 Å². The van der Waals surface area contributed by atoms with E-state index in [0.29, 0.717) is 18.1 Å². The van der Waals surface area contributed by atoms with Gasteiger partial charge in [-0.05, 0) is 49.4 Å². The van der Waals surface area contributed by atoms with Crippen LogP contribution in [0.3, 0.4) is 0 Å². The highest BCUT2D eigenvalue weighted by Crippen LogP contribution is 2.34. The van der Waals surface area contributed by atoms with E-state index in [2.05, 4.69) is 0 Å². The zero-order chi connectivity index (χ0) is 11.4. The monoisotopic (exact) mass is 324 g/mol. The minimum Gasteiger partial charge on any atom is -0.489 e. The van der Waals surface area contributed by atoms with Gasteiger partial charge < -0.3 is 9.47 Å². The Labute approximate surface area is 103 Å². The summed E-state index contributed by atoms with van der Waals surface area (Å²) in [5.74, 6) is 0.781. The van der Waals surface area contributed by atoms with Gasteiger partial charge in [-0.2, -0.15) is 0 Å². The fourth-order valence-electron chi connectivity index (χ4n) is 1.16. The van der Waals surface area contributed by atoms with Crippen molar-refractivity contribution in [3.63, 3.8) is 0 Å². The molecule has 0 N–H and O–H groups in total. The standard InChI is InChI=1S/C11H14FIO2/c1-4-14-11-9(13)5-8(12)6-10(11)15-7(2)3/h5-7H,4H2,1-3H3. The molecule has 84 valence electrons. The maximum atomic E-state index is 13.2. The molecule has 0 radical (unpaired) electrons. The molecule has 1 rings (SSSR count). The zero-order valence-electron chi connectivity index (χ0n) is 9.01. The SMILES string of the molecule is CCOc1c(I)cc(F)cc1OC(C)C. The molecule has 2 nitrogen and oxygen atoms in total. The van der Waals surface area contributed by atoms with Crippen molar-refractivity contribution in [1.29, 1.82) is 0 Å². The van der Waals surface area contributed by atoms with Crippen LogP contribution in [0, 0.1) is 9.39 Å². The average molecular weight is 324 g/mol. The molecule has 0 unspecified atom stereocenters. The molecule has 0 atom stereocenters. The molecule has 0 aliphatic heterocycles. The molecular weight excluding hydrogens is 310 g/mol. The molecule has 1 aromatic rings. The number of benzene rings is 1. The molecule has 4 heteroatoms. The Morgan fingerprint density at radius 1 is 1.40 bits per heavy atom. The first kappa shape index (κ1) is 12.5. The van der Waals surface area contributed by atoms with Crippen LogP contribution in [0.4, 0.5) is 4.39 Å². The quantitative estimate of drug-likeness (QED) is 0.788. The predicted octanol–water partition coefficient (Wildman–Crippen LogP) is 3.62. The van der Waals surface area contributed by atoms with Crippen molar-refractivity contribution in [2.24, 2.45) is 0 Å². The summed E-state index contributed by atoms with van der Waals surface area (Å²) < 4.78 is 24.8. The van der Waals surface area contributed by atoms with Crippen LogP contribution in [-0.2, 0) is 0 Å². The lowest BCUT2D eigenvalue weighted by Gasteiger charge is -2.15. The highest BCUT2D eigenvalue weighted by molar-refractivity contribution is 14.1. The number of hydrogen-bond donors (Lipinski definition) is 0. The van der Waals surface area contributed by atoms with Gasteiger partial charge in [-0.25, -0.2) is 4.39 Å². The van der Waals surface area contributed by atoms with E-state index in [4.69, 9.17) is 9.47 Å². The largest absolute Gasteiger partial charge is 0.489 e. The molecule has 0 aliphatic rings. The van der Waals surface area contributed by atoms with Gasteiger partial charge in [0.25, 0.3) is 0 Å². The topological polar surface area (TPSA) is 18.5 Å². The Kier molecular flexibility index (Phi) is 4.63. The van der Waals surface area contributed by atoms with Gasteiger partial charge in [-0.1, -0.05) is 0 Å². The third kappa shape index (κ3) is 3.52. The second kappa shape index (κ2) is 5.53. The van der Waals surface area contributed by atoms with Crippen LogP contribution < -0.4 is 9.47 Å². The number of ether oxygens (including phenoxy) is 2. The van der Waals surface area contributed by atoms with E-state index < -0.39 is 0 Å². The van der Waals surface area contributed by atoms with Crippen LogP contribution >= 0.6 is 22.6 Å². The molecular formula is C11H14FIO2. The van der Waals surface area contributed by atoms with Crippen LogP contribution in [0.5, 0.6) is 11.5 Å². The van der Waals surface area contributed by atoms with Crippen LogP contribution in [0.25, 0.3) is 0 Å². The van der Waals surface area contributed by atoms with Gasteiger partial charge in [-0.3, -0.25) is 0 Å². The summed E-state index contributed by atoms with van der Waals surface area (Å²) >= 11 is 2.04. The van der Waals surface area contributed by atoms with E-state index in [9.17, 15) is 4.39 Å². The minimum atomic E-state index is -0.307. The smallest absolute Gasteiger partial charge is 0.174 e. The zero-order valence-corrected chi connectivity index (χ0v) is 11.2. The van der Waals surface area contributed by atoms with E-state index in [0.717, 1.165) is 3.57 Å². The maximum Gasteiger partial charge on any atom is 0.174 e. The maximum absolute atomic E-state index is 13.2. The lowest BCUT2D eigenvalue weighted by atomic mass is 10.3. The minimum absolute atomic E-state index is 0.00167. The summed E-state index contributed by atoms with van der Waals surface area (Å²) in [6.07, 6.45) is 0.00167. The van der Waals surface area contributed by atoms with Crippen LogP contribution in [0.15, 0.2) is 12.1 Å². The average Bonchev–Trinajstić information content (AvgIpc) is 2.10. The molecule has 0 bridgehead atoms. The first-order valence-corrected chi connectivity index (χ1v) is 5.91. The second-order valence-corrected chi connectivity index (χ2v) is 4.48. The number of halogens is 2.